The highest BCUT2D eigenvalue weighted by molar-refractivity contribution is 4.96. The van der Waals surface area contributed by atoms with Crippen molar-refractivity contribution >= 4 is 0 Å². The van der Waals surface area contributed by atoms with Crippen LogP contribution in [0.1, 0.15) is 39.5 Å². The van der Waals surface area contributed by atoms with Crippen LogP contribution in [0.15, 0.2) is 0 Å². The summed E-state index contributed by atoms with van der Waals surface area (Å²) in [7, 11) is 0. The minimum Gasteiger partial charge on any atom is -0.389 e. The molecule has 1 heterocycles. The van der Waals surface area contributed by atoms with Gasteiger partial charge < -0.3 is 10.0 Å². The number of hydrogen-bond acceptors (Lipinski definition) is 2. The molecule has 0 aromatic rings. The molecule has 1 saturated carbocycles. The number of β-amino-alcohol motifs (C(OH)–C–C–N with tert-alkyl or cyclic N) is 1. The van der Waals surface area contributed by atoms with Crippen LogP contribution in [0, 0.1) is 0 Å². The summed E-state index contributed by atoms with van der Waals surface area (Å²) in [6.07, 6.45) is 4.72. The summed E-state index contributed by atoms with van der Waals surface area (Å²) in [4.78, 5) is 2.38. The van der Waals surface area contributed by atoms with E-state index in [0.717, 1.165) is 19.4 Å². The summed E-state index contributed by atoms with van der Waals surface area (Å²) in [5.41, 5.74) is -0.260. The van der Waals surface area contributed by atoms with Crippen LogP contribution in [0.4, 0.5) is 0 Å². The van der Waals surface area contributed by atoms with E-state index in [1.54, 1.807) is 0 Å². The largest absolute Gasteiger partial charge is 0.389 e. The number of aliphatic hydroxyl groups is 1. The van der Waals surface area contributed by atoms with E-state index in [0.29, 0.717) is 0 Å². The Hall–Kier alpha value is -0.0800. The average Bonchev–Trinajstić information content (AvgIpc) is 2.63. The fourth-order valence-corrected chi connectivity index (χ4v) is 1.66. The Bertz CT molecular complexity index is 126. The first-order valence-corrected chi connectivity index (χ1v) is 5.23. The van der Waals surface area contributed by atoms with Crippen LogP contribution in [0.5, 0.6) is 0 Å². The predicted molar refractivity (Wildman–Crippen MR) is 51.2 cm³/mol. The van der Waals surface area contributed by atoms with Crippen LogP contribution < -0.4 is 0 Å². The molecule has 1 saturated heterocycles. The second kappa shape index (κ2) is 4.24. The maximum atomic E-state index is 9.55. The lowest BCUT2D eigenvalue weighted by atomic mass is 10.3. The molecule has 1 aliphatic heterocycles. The molecular formula is C10H21NO. The molecule has 2 heteroatoms. The van der Waals surface area contributed by atoms with E-state index in [9.17, 15) is 5.11 Å². The van der Waals surface area contributed by atoms with Crippen LogP contribution in [-0.2, 0) is 0 Å². The van der Waals surface area contributed by atoms with Crippen molar-refractivity contribution in [3.8, 4) is 0 Å². The molecular weight excluding hydrogens is 150 g/mol. The minimum atomic E-state index is -0.260. The Morgan fingerprint density at radius 1 is 1.17 bits per heavy atom. The van der Waals surface area contributed by atoms with Crippen molar-refractivity contribution in [1.29, 1.82) is 0 Å². The van der Waals surface area contributed by atoms with Crippen molar-refractivity contribution in [3.63, 3.8) is 0 Å². The van der Waals surface area contributed by atoms with Gasteiger partial charge in [-0.1, -0.05) is 13.8 Å². The minimum absolute atomic E-state index is 0.260. The van der Waals surface area contributed by atoms with Gasteiger partial charge in [-0.15, -0.1) is 0 Å². The molecule has 0 aromatic heterocycles. The molecule has 0 unspecified atom stereocenters. The van der Waals surface area contributed by atoms with Crippen molar-refractivity contribution in [2.24, 2.45) is 0 Å². The van der Waals surface area contributed by atoms with Gasteiger partial charge in [-0.3, -0.25) is 0 Å². The summed E-state index contributed by atoms with van der Waals surface area (Å²) in [5.74, 6) is 0. The van der Waals surface area contributed by atoms with E-state index in [4.69, 9.17) is 0 Å². The number of hydrogen-bond donors (Lipinski definition) is 1. The van der Waals surface area contributed by atoms with Gasteiger partial charge >= 0.3 is 0 Å². The molecule has 0 aromatic carbocycles. The Morgan fingerprint density at radius 2 is 1.67 bits per heavy atom. The molecule has 0 bridgehead atoms. The smallest absolute Gasteiger partial charge is 0.0776 e. The Kier molecular flexibility index (Phi) is 3.53. The highest BCUT2D eigenvalue weighted by atomic mass is 16.3. The third kappa shape index (κ3) is 2.76. The van der Waals surface area contributed by atoms with Crippen LogP contribution >= 0.6 is 0 Å². The normalized spacial score (nSPS) is 26.2. The lowest BCUT2D eigenvalue weighted by Gasteiger charge is -2.17. The van der Waals surface area contributed by atoms with Gasteiger partial charge in [-0.05, 0) is 38.8 Å². The third-order valence-electron chi connectivity index (χ3n) is 2.54. The Morgan fingerprint density at radius 3 is 2.08 bits per heavy atom. The summed E-state index contributed by atoms with van der Waals surface area (Å²) < 4.78 is 0. The van der Waals surface area contributed by atoms with Crippen LogP contribution in [0.3, 0.4) is 0 Å². The van der Waals surface area contributed by atoms with Crippen molar-refractivity contribution in [1.82, 2.24) is 4.90 Å². The van der Waals surface area contributed by atoms with Gasteiger partial charge in [0.15, 0.2) is 0 Å². The quantitative estimate of drug-likeness (QED) is 0.682. The molecule has 1 aliphatic carbocycles. The topological polar surface area (TPSA) is 23.5 Å². The van der Waals surface area contributed by atoms with Gasteiger partial charge in [-0.2, -0.15) is 0 Å². The number of rotatable bonds is 2. The van der Waals surface area contributed by atoms with Crippen molar-refractivity contribution < 1.29 is 5.11 Å². The third-order valence-corrected chi connectivity index (χ3v) is 2.54. The number of nitrogens with zero attached hydrogens (tertiary/aromatic N) is 1. The van der Waals surface area contributed by atoms with Crippen molar-refractivity contribution in [2.45, 2.75) is 45.1 Å². The van der Waals surface area contributed by atoms with E-state index in [1.165, 1.54) is 25.9 Å². The zero-order valence-corrected chi connectivity index (χ0v) is 8.34. The van der Waals surface area contributed by atoms with E-state index < -0.39 is 0 Å². The Labute approximate surface area is 75.6 Å². The average molecular weight is 171 g/mol. The van der Waals surface area contributed by atoms with E-state index >= 15 is 0 Å². The van der Waals surface area contributed by atoms with E-state index in [2.05, 4.69) is 4.90 Å². The fraction of sp³-hybridized carbons (Fsp3) is 1.00. The van der Waals surface area contributed by atoms with Crippen molar-refractivity contribution in [3.05, 3.63) is 0 Å². The lowest BCUT2D eigenvalue weighted by Crippen LogP contribution is -2.31. The monoisotopic (exact) mass is 171 g/mol. The van der Waals surface area contributed by atoms with E-state index in [-0.39, 0.29) is 5.60 Å². The highest BCUT2D eigenvalue weighted by Crippen LogP contribution is 2.36. The molecule has 0 amide bonds. The predicted octanol–water partition coefficient (Wildman–Crippen LogP) is 1.63. The van der Waals surface area contributed by atoms with Crippen LogP contribution in [0.25, 0.3) is 0 Å². The first-order chi connectivity index (χ1) is 5.79. The molecule has 0 radical (unpaired) electrons. The van der Waals surface area contributed by atoms with Gasteiger partial charge in [0.2, 0.25) is 0 Å². The van der Waals surface area contributed by atoms with Crippen molar-refractivity contribution in [2.75, 3.05) is 19.6 Å². The van der Waals surface area contributed by atoms with Gasteiger partial charge in [0.25, 0.3) is 0 Å². The van der Waals surface area contributed by atoms with Gasteiger partial charge in [0.05, 0.1) is 5.60 Å². The zero-order valence-electron chi connectivity index (χ0n) is 8.34. The first-order valence-electron chi connectivity index (χ1n) is 5.23. The first kappa shape index (κ1) is 10.0. The molecule has 1 N–H and O–H groups in total. The maximum absolute atomic E-state index is 9.55. The summed E-state index contributed by atoms with van der Waals surface area (Å²) in [5, 5.41) is 9.55. The zero-order chi connectivity index (χ0) is 9.03. The molecule has 12 heavy (non-hydrogen) atoms. The lowest BCUT2D eigenvalue weighted by molar-refractivity contribution is 0.103. The molecule has 2 nitrogen and oxygen atoms in total. The molecule has 0 spiro atoms. The van der Waals surface area contributed by atoms with Crippen LogP contribution in [0.2, 0.25) is 0 Å². The molecule has 2 rings (SSSR count). The fourth-order valence-electron chi connectivity index (χ4n) is 1.66. The summed E-state index contributed by atoms with van der Waals surface area (Å²) in [6, 6.07) is 0. The van der Waals surface area contributed by atoms with Crippen LogP contribution in [-0.4, -0.2) is 35.2 Å². The maximum Gasteiger partial charge on any atom is 0.0776 e. The second-order valence-corrected chi connectivity index (χ2v) is 3.71. The number of likely N-dealkylation sites (tertiary alicyclic amines) is 1. The molecule has 2 fully saturated rings. The SMILES string of the molecule is CC.OC1(CN2CCCC2)CC1. The molecule has 72 valence electrons. The molecule has 0 atom stereocenters. The molecule has 2 aliphatic rings. The van der Waals surface area contributed by atoms with Gasteiger partial charge in [0.1, 0.15) is 0 Å². The van der Waals surface area contributed by atoms with Gasteiger partial charge in [-0.25, -0.2) is 0 Å². The summed E-state index contributed by atoms with van der Waals surface area (Å²) >= 11 is 0. The summed E-state index contributed by atoms with van der Waals surface area (Å²) in [6.45, 7) is 7.36. The standard InChI is InChI=1S/C8H15NO.C2H6/c10-8(3-4-8)7-9-5-1-2-6-9;1-2/h10H,1-7H2;1-2H3. The van der Waals surface area contributed by atoms with E-state index in [1.807, 2.05) is 13.8 Å². The second-order valence-electron chi connectivity index (χ2n) is 3.71. The Balaban J connectivity index is 0.000000336. The van der Waals surface area contributed by atoms with Gasteiger partial charge in [0, 0.05) is 6.54 Å². The highest BCUT2D eigenvalue weighted by Gasteiger charge is 2.41.